The van der Waals surface area contributed by atoms with Crippen LogP contribution in [0.4, 0.5) is 5.69 Å². The largest absolute Gasteiger partial charge is 0.458 e. The highest BCUT2D eigenvalue weighted by atomic mass is 35.5. The first-order valence-corrected chi connectivity index (χ1v) is 8.57. The number of furan rings is 1. The predicted molar refractivity (Wildman–Crippen MR) is 96.4 cm³/mol. The minimum atomic E-state index is -0.768. The second-order valence-electron chi connectivity index (χ2n) is 5.83. The van der Waals surface area contributed by atoms with Crippen molar-refractivity contribution in [1.29, 1.82) is 0 Å². The molecule has 26 heavy (non-hydrogen) atoms. The number of nitrogens with two attached hydrogens (primary N) is 1. The molecule has 1 aromatic carbocycles. The highest BCUT2D eigenvalue weighted by molar-refractivity contribution is 6.35. The van der Waals surface area contributed by atoms with Crippen molar-refractivity contribution < 1.29 is 18.8 Å². The number of amides is 3. The second-order valence-corrected chi connectivity index (χ2v) is 6.68. The number of hydrogen-bond donors (Lipinski definition) is 2. The molecule has 3 rings (SSSR count). The molecule has 0 aliphatic carbocycles. The van der Waals surface area contributed by atoms with Gasteiger partial charge in [0.25, 0.3) is 11.8 Å². The maximum Gasteiger partial charge on any atom is 0.284 e. The van der Waals surface area contributed by atoms with E-state index in [0.29, 0.717) is 35.1 Å². The van der Waals surface area contributed by atoms with Crippen LogP contribution in [-0.4, -0.2) is 35.2 Å². The number of carbonyl (C=O) groups excluding carboxylic acids is 3. The normalized spacial score (nSPS) is 16.5. The van der Waals surface area contributed by atoms with E-state index in [1.54, 1.807) is 12.1 Å². The molecular weight excluding hydrogens is 381 g/mol. The van der Waals surface area contributed by atoms with Crippen LogP contribution >= 0.6 is 23.2 Å². The third-order valence-corrected chi connectivity index (χ3v) is 4.66. The van der Waals surface area contributed by atoms with Crippen LogP contribution in [0.1, 0.15) is 33.8 Å². The van der Waals surface area contributed by atoms with E-state index in [1.165, 1.54) is 17.0 Å². The number of nitrogens with one attached hydrogen (secondary N) is 1. The molecule has 1 aromatic heterocycles. The van der Waals surface area contributed by atoms with Crippen molar-refractivity contribution in [2.75, 3.05) is 11.9 Å². The molecule has 7 nitrogen and oxygen atoms in total. The van der Waals surface area contributed by atoms with Gasteiger partial charge in [-0.1, -0.05) is 23.2 Å². The Morgan fingerprint density at radius 1 is 1.23 bits per heavy atom. The summed E-state index contributed by atoms with van der Waals surface area (Å²) in [5.41, 5.74) is 5.67. The third-order valence-electron chi connectivity index (χ3n) is 4.09. The molecule has 136 valence electrons. The van der Waals surface area contributed by atoms with E-state index >= 15 is 0 Å². The van der Waals surface area contributed by atoms with Crippen molar-refractivity contribution in [3.63, 3.8) is 0 Å². The minimum absolute atomic E-state index is 0.112. The lowest BCUT2D eigenvalue weighted by molar-refractivity contribution is -0.119. The van der Waals surface area contributed by atoms with Crippen molar-refractivity contribution in [3.05, 3.63) is 51.9 Å². The molecule has 2 heterocycles. The van der Waals surface area contributed by atoms with Gasteiger partial charge in [-0.25, -0.2) is 0 Å². The molecule has 0 radical (unpaired) electrons. The van der Waals surface area contributed by atoms with Gasteiger partial charge in [0, 0.05) is 17.6 Å². The van der Waals surface area contributed by atoms with Crippen LogP contribution in [0.5, 0.6) is 0 Å². The quantitative estimate of drug-likeness (QED) is 0.829. The molecule has 1 fully saturated rings. The number of nitrogens with zero attached hydrogens (tertiary/aromatic N) is 1. The highest BCUT2D eigenvalue weighted by Gasteiger charge is 2.35. The molecule has 0 spiro atoms. The lowest BCUT2D eigenvalue weighted by atomic mass is 10.1. The number of halogens is 2. The van der Waals surface area contributed by atoms with Crippen molar-refractivity contribution in [2.24, 2.45) is 5.73 Å². The molecule has 9 heteroatoms. The molecule has 3 N–H and O–H groups in total. The fourth-order valence-electron chi connectivity index (χ4n) is 2.84. The number of likely N-dealkylation sites (tertiary alicyclic amines) is 1. The van der Waals surface area contributed by atoms with Crippen LogP contribution in [0.15, 0.2) is 34.9 Å². The van der Waals surface area contributed by atoms with Crippen molar-refractivity contribution in [3.8, 4) is 0 Å². The Balaban J connectivity index is 1.76. The second kappa shape index (κ2) is 7.39. The fourth-order valence-corrected chi connectivity index (χ4v) is 3.17. The Labute approximate surface area is 159 Å². The third kappa shape index (κ3) is 3.68. The summed E-state index contributed by atoms with van der Waals surface area (Å²) in [6.07, 6.45) is 2.34. The Kier molecular flexibility index (Phi) is 5.20. The van der Waals surface area contributed by atoms with Crippen LogP contribution < -0.4 is 11.1 Å². The first-order chi connectivity index (χ1) is 12.4. The molecule has 1 atom stereocenters. The van der Waals surface area contributed by atoms with E-state index in [4.69, 9.17) is 33.4 Å². The Morgan fingerprint density at radius 3 is 2.69 bits per heavy atom. The summed E-state index contributed by atoms with van der Waals surface area (Å²) < 4.78 is 4.97. The van der Waals surface area contributed by atoms with Gasteiger partial charge in [0.1, 0.15) is 12.3 Å². The summed E-state index contributed by atoms with van der Waals surface area (Å²) in [6.45, 7) is 0.414. The van der Waals surface area contributed by atoms with Gasteiger partial charge in [-0.2, -0.15) is 0 Å². The number of carbonyl (C=O) groups is 3. The summed E-state index contributed by atoms with van der Waals surface area (Å²) in [7, 11) is 0. The van der Waals surface area contributed by atoms with E-state index in [2.05, 4.69) is 5.32 Å². The van der Waals surface area contributed by atoms with Crippen LogP contribution in [0, 0.1) is 0 Å². The molecule has 0 bridgehead atoms. The fraction of sp³-hybridized carbons (Fsp3) is 0.235. The van der Waals surface area contributed by atoms with Crippen molar-refractivity contribution in [1.82, 2.24) is 4.90 Å². The average Bonchev–Trinajstić information content (AvgIpc) is 3.26. The average molecular weight is 396 g/mol. The summed E-state index contributed by atoms with van der Waals surface area (Å²) in [4.78, 5) is 37.8. The first-order valence-electron chi connectivity index (χ1n) is 7.82. The van der Waals surface area contributed by atoms with E-state index in [0.717, 1.165) is 6.26 Å². The Morgan fingerprint density at radius 2 is 2.00 bits per heavy atom. The lowest BCUT2D eigenvalue weighted by Gasteiger charge is -2.23. The van der Waals surface area contributed by atoms with Crippen molar-refractivity contribution in [2.45, 2.75) is 18.9 Å². The minimum Gasteiger partial charge on any atom is -0.458 e. The lowest BCUT2D eigenvalue weighted by Crippen LogP contribution is -2.43. The molecule has 2 aromatic rings. The summed E-state index contributed by atoms with van der Waals surface area (Å²) in [5.74, 6) is -1.65. The van der Waals surface area contributed by atoms with Gasteiger partial charge in [0.2, 0.25) is 5.91 Å². The Hall–Kier alpha value is -2.51. The highest BCUT2D eigenvalue weighted by Crippen LogP contribution is 2.27. The van der Waals surface area contributed by atoms with Gasteiger partial charge in [0.05, 0.1) is 16.3 Å². The topological polar surface area (TPSA) is 106 Å². The number of rotatable bonds is 4. The number of anilines is 1. The first kappa shape index (κ1) is 18.3. The smallest absolute Gasteiger partial charge is 0.284 e. The van der Waals surface area contributed by atoms with Crippen LogP contribution in [-0.2, 0) is 4.79 Å². The zero-order valence-corrected chi connectivity index (χ0v) is 15.0. The maximum absolute atomic E-state index is 12.7. The van der Waals surface area contributed by atoms with Crippen LogP contribution in [0.2, 0.25) is 10.0 Å². The van der Waals surface area contributed by atoms with Gasteiger partial charge >= 0.3 is 0 Å². The van der Waals surface area contributed by atoms with Gasteiger partial charge < -0.3 is 20.4 Å². The van der Waals surface area contributed by atoms with Crippen LogP contribution in [0.3, 0.4) is 0 Å². The van der Waals surface area contributed by atoms with E-state index in [1.807, 2.05) is 0 Å². The number of primary amides is 1. The molecular formula is C17H15Cl2N3O4. The van der Waals surface area contributed by atoms with E-state index in [-0.39, 0.29) is 17.2 Å². The predicted octanol–water partition coefficient (Wildman–Crippen LogP) is 2.93. The maximum atomic E-state index is 12.7. The molecule has 3 amide bonds. The molecule has 0 saturated carbocycles. The SMILES string of the molecule is NC(=O)c1cc(C(=O)N2CCC[C@H]2C(=O)Nc2cc(Cl)ccc2Cl)co1. The Bertz CT molecular complexity index is 881. The summed E-state index contributed by atoms with van der Waals surface area (Å²) >= 11 is 12.0. The molecule has 1 aliphatic rings. The van der Waals surface area contributed by atoms with Crippen LogP contribution in [0.25, 0.3) is 0 Å². The van der Waals surface area contributed by atoms with E-state index < -0.39 is 17.9 Å². The summed E-state index contributed by atoms with van der Waals surface area (Å²) in [6, 6.07) is 5.34. The molecule has 0 unspecified atom stereocenters. The van der Waals surface area contributed by atoms with Gasteiger partial charge in [-0.3, -0.25) is 14.4 Å². The van der Waals surface area contributed by atoms with E-state index in [9.17, 15) is 14.4 Å². The molecule has 1 saturated heterocycles. The molecule has 1 aliphatic heterocycles. The number of benzene rings is 1. The summed E-state index contributed by atoms with van der Waals surface area (Å²) in [5, 5.41) is 3.48. The zero-order valence-electron chi connectivity index (χ0n) is 13.5. The van der Waals surface area contributed by atoms with Gasteiger partial charge in [0.15, 0.2) is 5.76 Å². The van der Waals surface area contributed by atoms with Gasteiger partial charge in [-0.15, -0.1) is 0 Å². The van der Waals surface area contributed by atoms with Gasteiger partial charge in [-0.05, 0) is 31.0 Å². The standard InChI is InChI=1S/C17H15Cl2N3O4/c18-10-3-4-11(19)12(7-10)21-16(24)13-2-1-5-22(13)17(25)9-6-14(15(20)23)26-8-9/h3-4,6-8,13H,1-2,5H2,(H2,20,23)(H,21,24)/t13-/m0/s1. The zero-order chi connectivity index (χ0) is 18.8. The number of hydrogen-bond acceptors (Lipinski definition) is 4. The van der Waals surface area contributed by atoms with Crippen molar-refractivity contribution >= 4 is 46.6 Å². The monoisotopic (exact) mass is 395 g/mol.